The molecule has 0 saturated carbocycles. The van der Waals surface area contributed by atoms with E-state index in [1.807, 2.05) is 0 Å². The summed E-state index contributed by atoms with van der Waals surface area (Å²) in [7, 11) is 1.40. The number of amides is 1. The predicted molar refractivity (Wildman–Crippen MR) is 81.3 cm³/mol. The Balaban J connectivity index is 2.29. The van der Waals surface area contributed by atoms with E-state index in [4.69, 9.17) is 9.47 Å². The Hall–Kier alpha value is -1.99. The lowest BCUT2D eigenvalue weighted by Gasteiger charge is -2.38. The third kappa shape index (κ3) is 3.42. The Morgan fingerprint density at radius 2 is 2.00 bits per heavy atom. The Labute approximate surface area is 129 Å². The van der Waals surface area contributed by atoms with Crippen LogP contribution in [0.15, 0.2) is 12.1 Å². The molecule has 0 aliphatic carbocycles. The normalized spacial score (nSPS) is 16.6. The number of β-amino-alcohol motifs (C(OH)–C–C–N with tert-alkyl or cyclic N) is 1. The number of carbonyl (C=O) groups excluding carboxylic acids is 1. The first-order chi connectivity index (χ1) is 10.1. The summed E-state index contributed by atoms with van der Waals surface area (Å²) in [5, 5.41) is 26.0. The summed E-state index contributed by atoms with van der Waals surface area (Å²) >= 11 is 0. The second-order valence-corrected chi connectivity index (χ2v) is 6.34. The van der Waals surface area contributed by atoms with Gasteiger partial charge in [0.05, 0.1) is 12.8 Å². The third-order valence-corrected chi connectivity index (χ3v) is 3.30. The molecule has 1 heterocycles. The number of phenolic OH excluding ortho intramolecular Hbond substituents is 1. The molecule has 7 nitrogen and oxygen atoms in total. The standard InChI is InChI=1S/C15H22N2O5/c1-14(2,3)22-13(19)17-10-5-9(15(20)7-16-8-15)6-11(21-4)12(10)18/h5-6,16,18,20H,7-8H2,1-4H3,(H,17,19). The van der Waals surface area contributed by atoms with Gasteiger partial charge in [0.15, 0.2) is 11.5 Å². The molecule has 4 N–H and O–H groups in total. The van der Waals surface area contributed by atoms with Crippen LogP contribution in [0.2, 0.25) is 0 Å². The molecule has 1 saturated heterocycles. The van der Waals surface area contributed by atoms with Gasteiger partial charge in [0, 0.05) is 13.1 Å². The van der Waals surface area contributed by atoms with Crippen LogP contribution in [0.25, 0.3) is 0 Å². The first kappa shape index (κ1) is 16.4. The van der Waals surface area contributed by atoms with Gasteiger partial charge in [-0.15, -0.1) is 0 Å². The van der Waals surface area contributed by atoms with E-state index in [1.165, 1.54) is 13.2 Å². The molecule has 1 fully saturated rings. The van der Waals surface area contributed by atoms with Gasteiger partial charge in [0.1, 0.15) is 11.2 Å². The van der Waals surface area contributed by atoms with Crippen LogP contribution in [0.5, 0.6) is 11.5 Å². The summed E-state index contributed by atoms with van der Waals surface area (Å²) in [6.07, 6.45) is -0.694. The van der Waals surface area contributed by atoms with Crippen LogP contribution in [0.1, 0.15) is 26.3 Å². The lowest BCUT2D eigenvalue weighted by atomic mass is 9.87. The largest absolute Gasteiger partial charge is 0.503 e. The molecule has 0 atom stereocenters. The summed E-state index contributed by atoms with van der Waals surface area (Å²) in [6, 6.07) is 3.07. The zero-order chi connectivity index (χ0) is 16.5. The molecule has 22 heavy (non-hydrogen) atoms. The number of nitrogens with one attached hydrogen (secondary N) is 2. The minimum Gasteiger partial charge on any atom is -0.503 e. The Morgan fingerprint density at radius 3 is 2.45 bits per heavy atom. The maximum absolute atomic E-state index is 11.9. The molecule has 1 amide bonds. The zero-order valence-electron chi connectivity index (χ0n) is 13.2. The predicted octanol–water partition coefficient (Wildman–Crippen LogP) is 1.54. The van der Waals surface area contributed by atoms with Crippen LogP contribution < -0.4 is 15.4 Å². The highest BCUT2D eigenvalue weighted by Crippen LogP contribution is 2.39. The van der Waals surface area contributed by atoms with Crippen molar-refractivity contribution in [1.82, 2.24) is 5.32 Å². The van der Waals surface area contributed by atoms with E-state index in [0.29, 0.717) is 18.7 Å². The highest BCUT2D eigenvalue weighted by Gasteiger charge is 2.37. The monoisotopic (exact) mass is 310 g/mol. The van der Waals surface area contributed by atoms with Crippen molar-refractivity contribution in [1.29, 1.82) is 0 Å². The maximum Gasteiger partial charge on any atom is 0.412 e. The van der Waals surface area contributed by atoms with Crippen LogP contribution in [0.3, 0.4) is 0 Å². The Morgan fingerprint density at radius 1 is 1.36 bits per heavy atom. The lowest BCUT2D eigenvalue weighted by molar-refractivity contribution is -0.0148. The molecule has 122 valence electrons. The fraction of sp³-hybridized carbons (Fsp3) is 0.533. The molecule has 2 rings (SSSR count). The summed E-state index contributed by atoms with van der Waals surface area (Å²) in [6.45, 7) is 6.02. The van der Waals surface area contributed by atoms with Gasteiger partial charge in [-0.05, 0) is 38.5 Å². The van der Waals surface area contributed by atoms with E-state index >= 15 is 0 Å². The fourth-order valence-electron chi connectivity index (χ4n) is 2.11. The second-order valence-electron chi connectivity index (χ2n) is 6.34. The molecule has 0 radical (unpaired) electrons. The van der Waals surface area contributed by atoms with E-state index in [9.17, 15) is 15.0 Å². The van der Waals surface area contributed by atoms with Gasteiger partial charge in [0.2, 0.25) is 0 Å². The van der Waals surface area contributed by atoms with Crippen LogP contribution >= 0.6 is 0 Å². The van der Waals surface area contributed by atoms with Crippen molar-refractivity contribution in [3.63, 3.8) is 0 Å². The summed E-state index contributed by atoms with van der Waals surface area (Å²) in [4.78, 5) is 11.9. The minimum atomic E-state index is -1.04. The maximum atomic E-state index is 11.9. The molecule has 1 aliphatic heterocycles. The van der Waals surface area contributed by atoms with Crippen molar-refractivity contribution in [2.75, 3.05) is 25.5 Å². The molecule has 0 bridgehead atoms. The lowest BCUT2D eigenvalue weighted by Crippen LogP contribution is -2.56. The van der Waals surface area contributed by atoms with Crippen molar-refractivity contribution in [2.45, 2.75) is 32.0 Å². The number of benzene rings is 1. The fourth-order valence-corrected chi connectivity index (χ4v) is 2.11. The summed E-state index contributed by atoms with van der Waals surface area (Å²) < 4.78 is 10.3. The highest BCUT2D eigenvalue weighted by atomic mass is 16.6. The molecule has 7 heteroatoms. The van der Waals surface area contributed by atoms with E-state index < -0.39 is 17.3 Å². The zero-order valence-corrected chi connectivity index (χ0v) is 13.2. The van der Waals surface area contributed by atoms with E-state index in [0.717, 1.165) is 0 Å². The number of ether oxygens (including phenoxy) is 2. The average molecular weight is 310 g/mol. The van der Waals surface area contributed by atoms with Crippen LogP contribution in [-0.4, -0.2) is 42.1 Å². The van der Waals surface area contributed by atoms with Crippen molar-refractivity contribution in [3.8, 4) is 11.5 Å². The SMILES string of the molecule is COc1cc(C2(O)CNC2)cc(NC(=O)OC(C)(C)C)c1O. The van der Waals surface area contributed by atoms with Gasteiger partial charge in [-0.25, -0.2) is 4.79 Å². The quantitative estimate of drug-likeness (QED) is 0.632. The summed E-state index contributed by atoms with van der Waals surface area (Å²) in [5.41, 5.74) is -1.01. The third-order valence-electron chi connectivity index (χ3n) is 3.30. The van der Waals surface area contributed by atoms with Gasteiger partial charge in [-0.2, -0.15) is 0 Å². The molecule has 0 spiro atoms. The number of phenols is 1. The smallest absolute Gasteiger partial charge is 0.412 e. The number of carbonyl (C=O) groups is 1. The number of anilines is 1. The van der Waals surface area contributed by atoms with E-state index in [-0.39, 0.29) is 17.2 Å². The Bertz CT molecular complexity index is 576. The van der Waals surface area contributed by atoms with Gasteiger partial charge < -0.3 is 25.0 Å². The molecule has 0 aromatic heterocycles. The first-order valence-corrected chi connectivity index (χ1v) is 6.99. The number of rotatable bonds is 3. The van der Waals surface area contributed by atoms with Crippen molar-refractivity contribution in [2.24, 2.45) is 0 Å². The van der Waals surface area contributed by atoms with E-state index in [2.05, 4.69) is 10.6 Å². The molecule has 1 aromatic rings. The topological polar surface area (TPSA) is 100 Å². The molecule has 1 aliphatic rings. The number of aliphatic hydroxyl groups is 1. The van der Waals surface area contributed by atoms with Crippen LogP contribution in [0.4, 0.5) is 10.5 Å². The molecule has 0 unspecified atom stereocenters. The molecular weight excluding hydrogens is 288 g/mol. The van der Waals surface area contributed by atoms with Crippen molar-refractivity contribution in [3.05, 3.63) is 17.7 Å². The summed E-state index contributed by atoms with van der Waals surface area (Å²) in [5.74, 6) is -0.0446. The number of aromatic hydroxyl groups is 1. The Kier molecular flexibility index (Phi) is 4.21. The number of methoxy groups -OCH3 is 1. The van der Waals surface area contributed by atoms with Gasteiger partial charge in [-0.3, -0.25) is 5.32 Å². The van der Waals surface area contributed by atoms with Crippen molar-refractivity contribution < 1.29 is 24.5 Å². The van der Waals surface area contributed by atoms with Crippen LogP contribution in [0, 0.1) is 0 Å². The van der Waals surface area contributed by atoms with E-state index in [1.54, 1.807) is 26.8 Å². The average Bonchev–Trinajstić information content (AvgIpc) is 2.36. The van der Waals surface area contributed by atoms with Crippen LogP contribution in [-0.2, 0) is 10.3 Å². The number of hydrogen-bond donors (Lipinski definition) is 4. The van der Waals surface area contributed by atoms with Crippen molar-refractivity contribution >= 4 is 11.8 Å². The van der Waals surface area contributed by atoms with Gasteiger partial charge >= 0.3 is 6.09 Å². The minimum absolute atomic E-state index is 0.129. The first-order valence-electron chi connectivity index (χ1n) is 6.99. The molecular formula is C15H22N2O5. The second kappa shape index (κ2) is 5.66. The highest BCUT2D eigenvalue weighted by molar-refractivity contribution is 5.88. The molecule has 1 aromatic carbocycles. The van der Waals surface area contributed by atoms with Gasteiger partial charge in [0.25, 0.3) is 0 Å². The number of hydrogen-bond acceptors (Lipinski definition) is 6. The van der Waals surface area contributed by atoms with Gasteiger partial charge in [-0.1, -0.05) is 0 Å².